The van der Waals surface area contributed by atoms with Crippen LogP contribution in [0.3, 0.4) is 0 Å². The van der Waals surface area contributed by atoms with Crippen molar-refractivity contribution in [2.45, 2.75) is 117 Å². The maximum atomic E-state index is 12.9. The van der Waals surface area contributed by atoms with E-state index in [-0.39, 0.29) is 13.2 Å². The van der Waals surface area contributed by atoms with Gasteiger partial charge in [0.25, 0.3) is 0 Å². The zero-order valence-electron chi connectivity index (χ0n) is 23.9. The van der Waals surface area contributed by atoms with Crippen LogP contribution in [0.4, 0.5) is 4.79 Å². The van der Waals surface area contributed by atoms with E-state index < -0.39 is 30.7 Å². The number of carbonyl (C=O) groups is 1. The molecule has 37 heavy (non-hydrogen) atoms. The van der Waals surface area contributed by atoms with Crippen LogP contribution in [-0.2, 0) is 29.3 Å². The monoisotopic (exact) mass is 541 g/mol. The van der Waals surface area contributed by atoms with Crippen molar-refractivity contribution in [3.05, 3.63) is 29.8 Å². The number of aryl methyl sites for hydroxylation is 1. The first-order chi connectivity index (χ1) is 17.2. The van der Waals surface area contributed by atoms with Gasteiger partial charge in [0.05, 0.1) is 31.0 Å². The van der Waals surface area contributed by atoms with Crippen molar-refractivity contribution in [2.24, 2.45) is 0 Å². The molecule has 1 amide bonds. The van der Waals surface area contributed by atoms with Crippen LogP contribution in [0.2, 0.25) is 0 Å². The summed E-state index contributed by atoms with van der Waals surface area (Å²) in [7, 11) is -3.72. The molecule has 212 valence electrons. The fourth-order valence-electron chi connectivity index (χ4n) is 3.95. The summed E-state index contributed by atoms with van der Waals surface area (Å²) in [6.07, 6.45) is 7.61. The molecule has 2 rings (SSSR count). The lowest BCUT2D eigenvalue weighted by Crippen LogP contribution is -2.57. The lowest BCUT2D eigenvalue weighted by Gasteiger charge is -2.41. The van der Waals surface area contributed by atoms with Gasteiger partial charge in [0, 0.05) is 0 Å². The van der Waals surface area contributed by atoms with E-state index >= 15 is 0 Å². The summed E-state index contributed by atoms with van der Waals surface area (Å²) in [4.78, 5) is 12.6. The standard InChI is InChI=1S/C28H48NO7P/c1-8-9-10-11-12-20-32-24-17-15-23(16-18-24)14-13-19-28(29-25(30)35-26(2,3)4)21-33-37(31,34-22-28)36-27(5,6)7/h15-18H,8-14,19-22H2,1-7H3,(H,29,30). The number of alkyl carbamates (subject to hydrolysis) is 1. The van der Waals surface area contributed by atoms with Crippen molar-refractivity contribution in [3.8, 4) is 5.75 Å². The number of benzene rings is 1. The third-order valence-electron chi connectivity index (χ3n) is 5.71. The van der Waals surface area contributed by atoms with Crippen molar-refractivity contribution in [2.75, 3.05) is 19.8 Å². The fourth-order valence-corrected chi connectivity index (χ4v) is 5.61. The molecule has 0 radical (unpaired) electrons. The molecular formula is C28H48NO7P. The van der Waals surface area contributed by atoms with Gasteiger partial charge >= 0.3 is 13.9 Å². The number of phosphoric ester groups is 1. The maximum absolute atomic E-state index is 12.9. The van der Waals surface area contributed by atoms with Gasteiger partial charge in [0.2, 0.25) is 0 Å². The molecule has 0 bridgehead atoms. The Bertz CT molecular complexity index is 862. The van der Waals surface area contributed by atoms with E-state index in [1.54, 1.807) is 41.5 Å². The Balaban J connectivity index is 1.92. The van der Waals surface area contributed by atoms with Crippen molar-refractivity contribution in [3.63, 3.8) is 0 Å². The van der Waals surface area contributed by atoms with E-state index in [0.29, 0.717) is 6.42 Å². The lowest BCUT2D eigenvalue weighted by molar-refractivity contribution is -0.0281. The van der Waals surface area contributed by atoms with E-state index in [1.807, 2.05) is 12.1 Å². The largest absolute Gasteiger partial charge is 0.494 e. The summed E-state index contributed by atoms with van der Waals surface area (Å²) in [6, 6.07) is 8.14. The second-order valence-corrected chi connectivity index (χ2v) is 13.5. The lowest BCUT2D eigenvalue weighted by atomic mass is 9.93. The Kier molecular flexibility index (Phi) is 11.9. The quantitative estimate of drug-likeness (QED) is 0.203. The van der Waals surface area contributed by atoms with E-state index in [9.17, 15) is 9.36 Å². The van der Waals surface area contributed by atoms with E-state index in [0.717, 1.165) is 31.6 Å². The van der Waals surface area contributed by atoms with Gasteiger partial charge in [-0.05, 0) is 84.9 Å². The third-order valence-corrected chi connectivity index (χ3v) is 7.37. The van der Waals surface area contributed by atoms with Gasteiger partial charge in [-0.15, -0.1) is 0 Å². The van der Waals surface area contributed by atoms with Gasteiger partial charge in [0.15, 0.2) is 0 Å². The van der Waals surface area contributed by atoms with Crippen LogP contribution in [0.5, 0.6) is 5.75 Å². The van der Waals surface area contributed by atoms with Crippen LogP contribution in [0, 0.1) is 0 Å². The number of nitrogens with one attached hydrogen (secondary N) is 1. The molecule has 0 atom stereocenters. The molecular weight excluding hydrogens is 493 g/mol. The summed E-state index contributed by atoms with van der Waals surface area (Å²) in [5, 5.41) is 2.92. The third kappa shape index (κ3) is 12.7. The molecule has 1 aliphatic heterocycles. The molecule has 1 aliphatic rings. The molecule has 0 spiro atoms. The molecule has 1 aromatic rings. The molecule has 0 saturated carbocycles. The highest BCUT2D eigenvalue weighted by atomic mass is 31.2. The van der Waals surface area contributed by atoms with Crippen LogP contribution >= 0.6 is 7.82 Å². The first-order valence-electron chi connectivity index (χ1n) is 13.6. The SMILES string of the molecule is CCCCCCCOc1ccc(CCCC2(NC(=O)OC(C)(C)C)COP(=O)(OC(C)(C)C)OC2)cc1. The van der Waals surface area contributed by atoms with Crippen LogP contribution in [-0.4, -0.2) is 42.7 Å². The van der Waals surface area contributed by atoms with Crippen LogP contribution < -0.4 is 10.1 Å². The Morgan fingerprint density at radius 2 is 1.57 bits per heavy atom. The van der Waals surface area contributed by atoms with Crippen LogP contribution in [0.25, 0.3) is 0 Å². The van der Waals surface area contributed by atoms with E-state index in [4.69, 9.17) is 23.0 Å². The van der Waals surface area contributed by atoms with Crippen molar-refractivity contribution in [1.82, 2.24) is 5.32 Å². The van der Waals surface area contributed by atoms with Crippen molar-refractivity contribution >= 4 is 13.9 Å². The zero-order chi connectivity index (χ0) is 27.6. The number of phosphoric acid groups is 1. The highest BCUT2D eigenvalue weighted by Crippen LogP contribution is 2.56. The summed E-state index contributed by atoms with van der Waals surface area (Å²) < 4.78 is 41.0. The highest BCUT2D eigenvalue weighted by molar-refractivity contribution is 7.48. The Morgan fingerprint density at radius 3 is 2.14 bits per heavy atom. The van der Waals surface area contributed by atoms with Gasteiger partial charge in [-0.3, -0.25) is 13.6 Å². The Morgan fingerprint density at radius 1 is 0.946 bits per heavy atom. The van der Waals surface area contributed by atoms with E-state index in [1.165, 1.54) is 31.2 Å². The number of unbranched alkanes of at least 4 members (excludes halogenated alkanes) is 4. The minimum Gasteiger partial charge on any atom is -0.494 e. The number of hydrogen-bond acceptors (Lipinski definition) is 7. The average molecular weight is 542 g/mol. The fraction of sp³-hybridized carbons (Fsp3) is 0.750. The summed E-state index contributed by atoms with van der Waals surface area (Å²) >= 11 is 0. The van der Waals surface area contributed by atoms with Crippen LogP contribution in [0.15, 0.2) is 24.3 Å². The average Bonchev–Trinajstić information content (AvgIpc) is 2.77. The molecule has 1 saturated heterocycles. The molecule has 1 fully saturated rings. The van der Waals surface area contributed by atoms with Crippen molar-refractivity contribution in [1.29, 1.82) is 0 Å². The Labute approximate surface area is 223 Å². The maximum Gasteiger partial charge on any atom is 0.475 e. The molecule has 1 heterocycles. The van der Waals surface area contributed by atoms with Gasteiger partial charge in [-0.2, -0.15) is 0 Å². The molecule has 1 aromatic carbocycles. The zero-order valence-corrected chi connectivity index (χ0v) is 24.8. The molecule has 1 N–H and O–H groups in total. The Hall–Kier alpha value is -1.60. The minimum atomic E-state index is -3.72. The van der Waals surface area contributed by atoms with Gasteiger partial charge in [-0.25, -0.2) is 9.36 Å². The number of hydrogen-bond donors (Lipinski definition) is 1. The number of ether oxygens (including phenoxy) is 2. The normalized spacial score (nSPS) is 22.5. The molecule has 0 aromatic heterocycles. The number of carbonyl (C=O) groups excluding carboxylic acids is 1. The van der Waals surface area contributed by atoms with Gasteiger partial charge < -0.3 is 14.8 Å². The highest BCUT2D eigenvalue weighted by Gasteiger charge is 2.46. The smallest absolute Gasteiger partial charge is 0.475 e. The minimum absolute atomic E-state index is 0.00460. The summed E-state index contributed by atoms with van der Waals surface area (Å²) in [6.45, 7) is 13.7. The second kappa shape index (κ2) is 14.0. The van der Waals surface area contributed by atoms with Crippen LogP contribution in [0.1, 0.15) is 99.0 Å². The molecule has 9 heteroatoms. The summed E-state index contributed by atoms with van der Waals surface area (Å²) in [5.74, 6) is 0.881. The molecule has 0 aliphatic carbocycles. The van der Waals surface area contributed by atoms with Gasteiger partial charge in [-0.1, -0.05) is 44.7 Å². The first-order valence-corrected chi connectivity index (χ1v) is 15.0. The number of rotatable bonds is 13. The first kappa shape index (κ1) is 31.6. The second-order valence-electron chi connectivity index (χ2n) is 11.9. The predicted molar refractivity (Wildman–Crippen MR) is 146 cm³/mol. The number of amides is 1. The van der Waals surface area contributed by atoms with E-state index in [2.05, 4.69) is 24.4 Å². The molecule has 0 unspecified atom stereocenters. The van der Waals surface area contributed by atoms with Crippen molar-refractivity contribution < 1.29 is 32.4 Å². The topological polar surface area (TPSA) is 92.3 Å². The van der Waals surface area contributed by atoms with Gasteiger partial charge in [0.1, 0.15) is 11.4 Å². The summed E-state index contributed by atoms with van der Waals surface area (Å²) in [5.41, 5.74) is -1.05. The predicted octanol–water partition coefficient (Wildman–Crippen LogP) is 7.59. The molecule has 8 nitrogen and oxygen atoms in total.